The quantitative estimate of drug-likeness (QED) is 0.513. The third-order valence-corrected chi connectivity index (χ3v) is 3.74. The number of hydrogen-bond donors (Lipinski definition) is 0. The Labute approximate surface area is 133 Å². The number of nitrogens with zero attached hydrogens (tertiary/aromatic N) is 2. The molecule has 2 aromatic carbocycles. The fraction of sp³-hybridized carbons (Fsp3) is 0.0526. The number of pyridine rings is 1. The van der Waals surface area contributed by atoms with Crippen molar-refractivity contribution < 1.29 is 9.15 Å². The van der Waals surface area contributed by atoms with Gasteiger partial charge in [0.2, 0.25) is 0 Å². The van der Waals surface area contributed by atoms with Gasteiger partial charge in [-0.2, -0.15) is 0 Å². The number of furan rings is 1. The summed E-state index contributed by atoms with van der Waals surface area (Å²) in [6.07, 6.45) is 5.26. The molecule has 4 nitrogen and oxygen atoms in total. The lowest BCUT2D eigenvalue weighted by molar-refractivity contribution is 0.416. The van der Waals surface area contributed by atoms with Gasteiger partial charge in [0.25, 0.3) is 0 Å². The molecule has 112 valence electrons. The number of aliphatic imine (C=N–C) groups is 1. The molecule has 0 saturated carbocycles. The highest BCUT2D eigenvalue weighted by Gasteiger charge is 2.11. The van der Waals surface area contributed by atoms with Gasteiger partial charge in [-0.3, -0.25) is 9.98 Å². The Morgan fingerprint density at radius 2 is 1.83 bits per heavy atom. The molecule has 0 N–H and O–H groups in total. The first-order chi connectivity index (χ1) is 11.3. The molecule has 0 amide bonds. The molecular formula is C19H14N2O2. The van der Waals surface area contributed by atoms with Gasteiger partial charge in [-0.25, -0.2) is 0 Å². The molecule has 23 heavy (non-hydrogen) atoms. The van der Waals surface area contributed by atoms with Crippen molar-refractivity contribution in [2.45, 2.75) is 0 Å². The number of hydrogen-bond acceptors (Lipinski definition) is 4. The van der Waals surface area contributed by atoms with E-state index in [2.05, 4.69) is 9.98 Å². The number of benzene rings is 2. The molecule has 4 heteroatoms. The Morgan fingerprint density at radius 1 is 1.00 bits per heavy atom. The third-order valence-electron chi connectivity index (χ3n) is 3.74. The van der Waals surface area contributed by atoms with Crippen molar-refractivity contribution in [1.29, 1.82) is 0 Å². The zero-order valence-corrected chi connectivity index (χ0v) is 12.6. The summed E-state index contributed by atoms with van der Waals surface area (Å²) in [6, 6.07) is 15.6. The van der Waals surface area contributed by atoms with E-state index in [1.165, 1.54) is 0 Å². The normalized spacial score (nSPS) is 11.5. The number of ether oxygens (including phenoxy) is 1. The average molecular weight is 302 g/mol. The van der Waals surface area contributed by atoms with Gasteiger partial charge in [0, 0.05) is 35.4 Å². The summed E-state index contributed by atoms with van der Waals surface area (Å²) in [5, 5.41) is 2.10. The number of aromatic nitrogens is 1. The zero-order valence-electron chi connectivity index (χ0n) is 12.6. The van der Waals surface area contributed by atoms with Crippen LogP contribution in [0.5, 0.6) is 5.75 Å². The fourth-order valence-corrected chi connectivity index (χ4v) is 2.60. The average Bonchev–Trinajstić information content (AvgIpc) is 2.97. The Balaban J connectivity index is 1.86. The van der Waals surface area contributed by atoms with Crippen molar-refractivity contribution in [2.75, 3.05) is 7.11 Å². The molecule has 2 heterocycles. The van der Waals surface area contributed by atoms with E-state index >= 15 is 0 Å². The minimum atomic E-state index is 0.717. The fourth-order valence-electron chi connectivity index (χ4n) is 2.60. The first-order valence-electron chi connectivity index (χ1n) is 7.28. The van der Waals surface area contributed by atoms with Crippen molar-refractivity contribution in [3.8, 4) is 5.75 Å². The smallest absolute Gasteiger partial charge is 0.145 e. The summed E-state index contributed by atoms with van der Waals surface area (Å²) >= 11 is 0. The summed E-state index contributed by atoms with van der Waals surface area (Å²) in [6.45, 7) is 0. The van der Waals surface area contributed by atoms with Crippen molar-refractivity contribution in [2.24, 2.45) is 4.99 Å². The van der Waals surface area contributed by atoms with Crippen LogP contribution >= 0.6 is 0 Å². The lowest BCUT2D eigenvalue weighted by Gasteiger charge is -2.04. The van der Waals surface area contributed by atoms with E-state index in [1.54, 1.807) is 25.7 Å². The topological polar surface area (TPSA) is 47.6 Å². The maximum Gasteiger partial charge on any atom is 0.145 e. The molecule has 0 aliphatic heterocycles. The molecule has 0 saturated heterocycles. The molecule has 0 fully saturated rings. The summed E-state index contributed by atoms with van der Waals surface area (Å²) in [5.74, 6) is 0.717. The predicted octanol–water partition coefficient (Wildman–Crippen LogP) is 4.74. The highest BCUT2D eigenvalue weighted by Crippen LogP contribution is 2.37. The molecule has 4 rings (SSSR count). The SMILES string of the molecule is COc1cc2c(cc1N=Cc1ccncc1)oc1ccccc12. The maximum atomic E-state index is 5.91. The van der Waals surface area contributed by atoms with E-state index in [0.29, 0.717) is 5.75 Å². The summed E-state index contributed by atoms with van der Waals surface area (Å²) < 4.78 is 11.4. The van der Waals surface area contributed by atoms with Crippen molar-refractivity contribution in [1.82, 2.24) is 4.98 Å². The molecular weight excluding hydrogens is 288 g/mol. The molecule has 4 aromatic rings. The molecule has 0 radical (unpaired) electrons. The van der Waals surface area contributed by atoms with Crippen LogP contribution in [0.25, 0.3) is 21.9 Å². The van der Waals surface area contributed by atoms with Crippen LogP contribution in [0.15, 0.2) is 70.3 Å². The van der Waals surface area contributed by atoms with E-state index in [0.717, 1.165) is 33.2 Å². The summed E-state index contributed by atoms with van der Waals surface area (Å²) in [4.78, 5) is 8.53. The second kappa shape index (κ2) is 5.57. The molecule has 0 bridgehead atoms. The monoisotopic (exact) mass is 302 g/mol. The third kappa shape index (κ3) is 2.44. The Bertz CT molecular complexity index is 1000. The maximum absolute atomic E-state index is 5.91. The van der Waals surface area contributed by atoms with E-state index in [1.807, 2.05) is 48.5 Å². The van der Waals surface area contributed by atoms with Gasteiger partial charge in [0.05, 0.1) is 7.11 Å². The first kappa shape index (κ1) is 13.5. The molecule has 0 aliphatic carbocycles. The second-order valence-corrected chi connectivity index (χ2v) is 5.16. The van der Waals surface area contributed by atoms with Gasteiger partial charge in [-0.15, -0.1) is 0 Å². The van der Waals surface area contributed by atoms with Gasteiger partial charge in [-0.1, -0.05) is 18.2 Å². The molecule has 0 spiro atoms. The number of para-hydroxylation sites is 1. The number of methoxy groups -OCH3 is 1. The van der Waals surface area contributed by atoms with Crippen LogP contribution in [0.2, 0.25) is 0 Å². The number of rotatable bonds is 3. The molecule has 0 unspecified atom stereocenters. The zero-order chi connectivity index (χ0) is 15.6. The summed E-state index contributed by atoms with van der Waals surface area (Å²) in [7, 11) is 1.65. The van der Waals surface area contributed by atoms with E-state index < -0.39 is 0 Å². The van der Waals surface area contributed by atoms with Crippen molar-refractivity contribution >= 4 is 33.8 Å². The predicted molar refractivity (Wildman–Crippen MR) is 91.8 cm³/mol. The second-order valence-electron chi connectivity index (χ2n) is 5.16. The van der Waals surface area contributed by atoms with Gasteiger partial charge >= 0.3 is 0 Å². The Kier molecular flexibility index (Phi) is 3.27. The highest BCUT2D eigenvalue weighted by atomic mass is 16.5. The van der Waals surface area contributed by atoms with Crippen LogP contribution in [-0.2, 0) is 0 Å². The standard InChI is InChI=1S/C19H14N2O2/c1-22-19-10-15-14-4-2-3-5-17(14)23-18(15)11-16(19)21-12-13-6-8-20-9-7-13/h2-12H,1H3. The highest BCUT2D eigenvalue weighted by molar-refractivity contribution is 6.06. The van der Waals surface area contributed by atoms with Gasteiger partial charge in [0.1, 0.15) is 22.6 Å². The van der Waals surface area contributed by atoms with Crippen LogP contribution < -0.4 is 4.74 Å². The Morgan fingerprint density at radius 3 is 2.65 bits per heavy atom. The van der Waals surface area contributed by atoms with Crippen LogP contribution in [-0.4, -0.2) is 18.3 Å². The van der Waals surface area contributed by atoms with E-state index in [-0.39, 0.29) is 0 Å². The summed E-state index contributed by atoms with van der Waals surface area (Å²) in [5.41, 5.74) is 3.37. The largest absolute Gasteiger partial charge is 0.494 e. The van der Waals surface area contributed by atoms with Crippen LogP contribution in [0.3, 0.4) is 0 Å². The van der Waals surface area contributed by atoms with Crippen LogP contribution in [0.1, 0.15) is 5.56 Å². The minimum Gasteiger partial charge on any atom is -0.494 e. The lowest BCUT2D eigenvalue weighted by Crippen LogP contribution is -1.85. The van der Waals surface area contributed by atoms with Crippen LogP contribution in [0, 0.1) is 0 Å². The van der Waals surface area contributed by atoms with E-state index in [4.69, 9.17) is 9.15 Å². The van der Waals surface area contributed by atoms with Crippen LogP contribution in [0.4, 0.5) is 5.69 Å². The minimum absolute atomic E-state index is 0.717. The van der Waals surface area contributed by atoms with E-state index in [9.17, 15) is 0 Å². The van der Waals surface area contributed by atoms with Gasteiger partial charge in [-0.05, 0) is 29.8 Å². The van der Waals surface area contributed by atoms with Gasteiger partial charge in [0.15, 0.2) is 0 Å². The lowest BCUT2D eigenvalue weighted by atomic mass is 10.1. The Hall–Kier alpha value is -3.14. The first-order valence-corrected chi connectivity index (χ1v) is 7.28. The molecule has 2 aromatic heterocycles. The van der Waals surface area contributed by atoms with Crippen molar-refractivity contribution in [3.05, 3.63) is 66.5 Å². The number of fused-ring (bicyclic) bond motifs is 3. The molecule has 0 atom stereocenters. The van der Waals surface area contributed by atoms with Gasteiger partial charge < -0.3 is 9.15 Å². The van der Waals surface area contributed by atoms with Crippen molar-refractivity contribution in [3.63, 3.8) is 0 Å². The molecule has 0 aliphatic rings.